The van der Waals surface area contributed by atoms with Gasteiger partial charge < -0.3 is 10.6 Å². The van der Waals surface area contributed by atoms with E-state index in [9.17, 15) is 13.2 Å². The molecular weight excluding hydrogens is 387 g/mol. The van der Waals surface area contributed by atoms with Crippen molar-refractivity contribution in [3.05, 3.63) is 65.0 Å². The molecule has 1 fully saturated rings. The first-order valence-electron chi connectivity index (χ1n) is 8.71. The van der Waals surface area contributed by atoms with Crippen LogP contribution in [-0.4, -0.2) is 42.4 Å². The van der Waals surface area contributed by atoms with Crippen LogP contribution in [-0.2, 0) is 6.54 Å². The molecule has 0 aliphatic carbocycles. The van der Waals surface area contributed by atoms with Crippen molar-refractivity contribution in [3.8, 4) is 0 Å². The second kappa shape index (κ2) is 9.03. The number of benzene rings is 2. The molecule has 0 unspecified atom stereocenters. The van der Waals surface area contributed by atoms with Crippen molar-refractivity contribution in [1.29, 1.82) is 0 Å². The highest BCUT2D eigenvalue weighted by molar-refractivity contribution is 7.80. The van der Waals surface area contributed by atoms with Gasteiger partial charge in [0.2, 0.25) is 0 Å². The normalized spacial score (nSPS) is 15.2. The van der Waals surface area contributed by atoms with Crippen molar-refractivity contribution in [2.75, 3.05) is 31.1 Å². The number of hydrogen-bond acceptors (Lipinski definition) is 4. The van der Waals surface area contributed by atoms with E-state index < -0.39 is 11.6 Å². The fraction of sp³-hybridized carbons (Fsp3) is 0.263. The molecule has 0 radical (unpaired) electrons. The monoisotopic (exact) mass is 407 g/mol. The molecule has 148 valence electrons. The number of hydrogen-bond donors (Lipinski definition) is 2. The van der Waals surface area contributed by atoms with Crippen LogP contribution in [0.15, 0.2) is 41.5 Å². The van der Waals surface area contributed by atoms with Crippen LogP contribution >= 0.6 is 12.2 Å². The first-order chi connectivity index (χ1) is 13.4. The van der Waals surface area contributed by atoms with E-state index in [2.05, 4.69) is 27.6 Å². The van der Waals surface area contributed by atoms with Crippen molar-refractivity contribution in [3.63, 3.8) is 0 Å². The van der Waals surface area contributed by atoms with Crippen LogP contribution in [0.5, 0.6) is 0 Å². The zero-order valence-corrected chi connectivity index (χ0v) is 15.9. The van der Waals surface area contributed by atoms with Crippen LogP contribution in [0.4, 0.5) is 18.9 Å². The van der Waals surface area contributed by atoms with Gasteiger partial charge in [-0.3, -0.25) is 10.3 Å². The summed E-state index contributed by atoms with van der Waals surface area (Å²) in [6.45, 7) is 2.95. The number of piperazine rings is 1. The van der Waals surface area contributed by atoms with Crippen LogP contribution in [0, 0.1) is 17.5 Å². The van der Waals surface area contributed by atoms with E-state index in [0.717, 1.165) is 5.56 Å². The summed E-state index contributed by atoms with van der Waals surface area (Å²) in [7, 11) is 0. The number of nitrogens with one attached hydrogen (secondary N) is 1. The van der Waals surface area contributed by atoms with Gasteiger partial charge in [0, 0.05) is 38.3 Å². The summed E-state index contributed by atoms with van der Waals surface area (Å²) in [5.41, 5.74) is 8.79. The molecule has 2 aromatic rings. The molecule has 0 atom stereocenters. The van der Waals surface area contributed by atoms with Gasteiger partial charge in [0.15, 0.2) is 5.11 Å². The van der Waals surface area contributed by atoms with E-state index in [1.54, 1.807) is 17.0 Å². The van der Waals surface area contributed by atoms with Gasteiger partial charge in [-0.15, -0.1) is 0 Å². The van der Waals surface area contributed by atoms with Crippen LogP contribution in [0.2, 0.25) is 0 Å². The molecule has 0 bridgehead atoms. The summed E-state index contributed by atoms with van der Waals surface area (Å²) in [5, 5.41) is 3.67. The Bertz CT molecular complexity index is 841. The third kappa shape index (κ3) is 5.20. The predicted molar refractivity (Wildman–Crippen MR) is 108 cm³/mol. The fourth-order valence-corrected chi connectivity index (χ4v) is 3.16. The zero-order valence-electron chi connectivity index (χ0n) is 15.0. The number of halogens is 3. The van der Waals surface area contributed by atoms with Crippen LogP contribution in [0.1, 0.15) is 11.1 Å². The Morgan fingerprint density at radius 2 is 1.68 bits per heavy atom. The maximum Gasteiger partial charge on any atom is 0.184 e. The first-order valence-corrected chi connectivity index (χ1v) is 9.12. The minimum atomic E-state index is -0.649. The lowest BCUT2D eigenvalue weighted by molar-refractivity contribution is 0.248. The van der Waals surface area contributed by atoms with Crippen LogP contribution in [0.3, 0.4) is 0 Å². The molecule has 1 heterocycles. The Morgan fingerprint density at radius 3 is 2.25 bits per heavy atom. The number of anilines is 1. The Labute approximate surface area is 166 Å². The Hall–Kier alpha value is -2.65. The molecule has 0 spiro atoms. The van der Waals surface area contributed by atoms with Gasteiger partial charge in [0.05, 0.1) is 6.21 Å². The Morgan fingerprint density at radius 1 is 1.07 bits per heavy atom. The number of rotatable bonds is 5. The highest BCUT2D eigenvalue weighted by atomic mass is 32.1. The van der Waals surface area contributed by atoms with Gasteiger partial charge in [-0.2, -0.15) is 5.10 Å². The van der Waals surface area contributed by atoms with Crippen LogP contribution < -0.4 is 16.1 Å². The van der Waals surface area contributed by atoms with E-state index in [-0.39, 0.29) is 22.2 Å². The molecule has 0 amide bonds. The lowest BCUT2D eigenvalue weighted by atomic mass is 10.1. The summed E-state index contributed by atoms with van der Waals surface area (Å²) >= 11 is 4.60. The lowest BCUT2D eigenvalue weighted by Gasteiger charge is -2.36. The molecule has 1 saturated heterocycles. The molecular formula is C19H20F3N5S. The number of thiocarbonyl (C=S) groups is 1. The summed E-state index contributed by atoms with van der Waals surface area (Å²) in [4.78, 5) is 3.86. The maximum absolute atomic E-state index is 14.5. The second-order valence-corrected chi connectivity index (χ2v) is 6.90. The minimum Gasteiger partial charge on any atom is -0.375 e. The summed E-state index contributed by atoms with van der Waals surface area (Å²) in [6.07, 6.45) is 1.25. The second-order valence-electron chi connectivity index (χ2n) is 6.46. The molecule has 5 nitrogen and oxygen atoms in total. The van der Waals surface area contributed by atoms with Crippen LogP contribution in [0.25, 0.3) is 0 Å². The Kier molecular flexibility index (Phi) is 6.48. The van der Waals surface area contributed by atoms with Gasteiger partial charge in [-0.25, -0.2) is 13.2 Å². The molecule has 28 heavy (non-hydrogen) atoms. The average molecular weight is 407 g/mol. The van der Waals surface area contributed by atoms with Crippen molar-refractivity contribution in [2.24, 2.45) is 10.8 Å². The standard InChI is InChI=1S/C19H20F3N5S/c20-15-3-1-13(2-4-15)12-26-5-7-27(8-6-26)18-16(21)9-14(10-17(18)22)11-24-25-19(23)28/h1-4,9-11H,5-8,12H2,(H3,23,25,28). The molecule has 3 N–H and O–H groups in total. The first kappa shape index (κ1) is 20.1. The van der Waals surface area contributed by atoms with Gasteiger partial charge >= 0.3 is 0 Å². The van der Waals surface area contributed by atoms with Gasteiger partial charge in [-0.05, 0) is 42.0 Å². The summed E-state index contributed by atoms with van der Waals surface area (Å²) < 4.78 is 42.0. The smallest absolute Gasteiger partial charge is 0.184 e. The summed E-state index contributed by atoms with van der Waals surface area (Å²) in [6, 6.07) is 8.78. The topological polar surface area (TPSA) is 56.9 Å². The summed E-state index contributed by atoms with van der Waals surface area (Å²) in [5.74, 6) is -1.57. The number of hydrazone groups is 1. The van der Waals surface area contributed by atoms with Gasteiger partial charge in [0.25, 0.3) is 0 Å². The van der Waals surface area contributed by atoms with E-state index in [1.165, 1.54) is 30.5 Å². The number of nitrogens with two attached hydrogens (primary N) is 1. The lowest BCUT2D eigenvalue weighted by Crippen LogP contribution is -2.46. The molecule has 3 rings (SSSR count). The average Bonchev–Trinajstić information content (AvgIpc) is 2.64. The van der Waals surface area contributed by atoms with E-state index in [1.807, 2.05) is 0 Å². The highest BCUT2D eigenvalue weighted by Gasteiger charge is 2.23. The largest absolute Gasteiger partial charge is 0.375 e. The van der Waals surface area contributed by atoms with Crippen molar-refractivity contribution >= 4 is 29.2 Å². The highest BCUT2D eigenvalue weighted by Crippen LogP contribution is 2.26. The van der Waals surface area contributed by atoms with Crippen molar-refractivity contribution in [2.45, 2.75) is 6.54 Å². The molecule has 2 aromatic carbocycles. The Balaban J connectivity index is 1.62. The van der Waals surface area contributed by atoms with Crippen molar-refractivity contribution in [1.82, 2.24) is 10.3 Å². The molecule has 9 heteroatoms. The number of nitrogens with zero attached hydrogens (tertiary/aromatic N) is 3. The van der Waals surface area contributed by atoms with E-state index in [0.29, 0.717) is 32.7 Å². The molecule has 1 aliphatic heterocycles. The quantitative estimate of drug-likeness (QED) is 0.453. The third-order valence-corrected chi connectivity index (χ3v) is 4.53. The van der Waals surface area contributed by atoms with E-state index >= 15 is 0 Å². The van der Waals surface area contributed by atoms with Gasteiger partial charge in [-0.1, -0.05) is 12.1 Å². The SMILES string of the molecule is NC(=S)NN=Cc1cc(F)c(N2CCN(Cc3ccc(F)cc3)CC2)c(F)c1. The van der Waals surface area contributed by atoms with Crippen molar-refractivity contribution < 1.29 is 13.2 Å². The third-order valence-electron chi connectivity index (χ3n) is 4.44. The predicted octanol–water partition coefficient (Wildman–Crippen LogP) is 2.59. The fourth-order valence-electron chi connectivity index (χ4n) is 3.11. The molecule has 1 aliphatic rings. The molecule has 0 saturated carbocycles. The molecule has 0 aromatic heterocycles. The minimum absolute atomic E-state index is 0.0349. The maximum atomic E-state index is 14.5. The van der Waals surface area contributed by atoms with E-state index in [4.69, 9.17) is 5.73 Å². The van der Waals surface area contributed by atoms with Gasteiger partial charge in [0.1, 0.15) is 23.1 Å². The zero-order chi connectivity index (χ0) is 20.1.